The molecule has 0 amide bonds. The molecule has 0 atom stereocenters. The van der Waals surface area contributed by atoms with Gasteiger partial charge in [-0.05, 0) is 43.0 Å². The molecule has 90 valence electrons. The minimum Gasteiger partial charge on any atom is -0.392 e. The van der Waals surface area contributed by atoms with Crippen LogP contribution in [-0.2, 0) is 12.8 Å². The molecular formula is C12H13FN2O2. The van der Waals surface area contributed by atoms with Crippen molar-refractivity contribution in [2.45, 2.75) is 26.7 Å². The lowest BCUT2D eigenvalue weighted by molar-refractivity contribution is 0.459. The van der Waals surface area contributed by atoms with E-state index in [1.165, 1.54) is 6.07 Å². The molecule has 0 aliphatic rings. The topological polar surface area (TPSA) is 58.9 Å². The van der Waals surface area contributed by atoms with E-state index in [9.17, 15) is 9.18 Å². The summed E-state index contributed by atoms with van der Waals surface area (Å²) in [4.78, 5) is 10.7. The fraction of sp³-hybridized carbons (Fsp3) is 0.333. The van der Waals surface area contributed by atoms with Crippen molar-refractivity contribution in [3.8, 4) is 0 Å². The summed E-state index contributed by atoms with van der Waals surface area (Å²) in [7, 11) is 0. The summed E-state index contributed by atoms with van der Waals surface area (Å²) in [6.45, 7) is 3.82. The van der Waals surface area contributed by atoms with E-state index in [2.05, 4.69) is 10.2 Å². The number of H-pyrrole nitrogens is 1. The van der Waals surface area contributed by atoms with Gasteiger partial charge in [0, 0.05) is 6.42 Å². The molecule has 0 bridgehead atoms. The van der Waals surface area contributed by atoms with Gasteiger partial charge in [-0.15, -0.1) is 5.10 Å². The molecule has 1 aromatic heterocycles. The van der Waals surface area contributed by atoms with Gasteiger partial charge in [-0.2, -0.15) is 0 Å². The zero-order valence-corrected chi connectivity index (χ0v) is 9.71. The quantitative estimate of drug-likeness (QED) is 0.885. The van der Waals surface area contributed by atoms with Crippen LogP contribution in [0.4, 0.5) is 4.39 Å². The third-order valence-electron chi connectivity index (χ3n) is 2.88. The molecule has 4 nitrogen and oxygen atoms in total. The molecule has 0 radical (unpaired) electrons. The molecule has 2 aromatic rings. The lowest BCUT2D eigenvalue weighted by atomic mass is 9.99. The summed E-state index contributed by atoms with van der Waals surface area (Å²) in [5.41, 5.74) is 2.63. The second-order valence-electron chi connectivity index (χ2n) is 3.97. The Balaban J connectivity index is 2.19. The highest BCUT2D eigenvalue weighted by Gasteiger charge is 2.10. The minimum absolute atomic E-state index is 0.231. The minimum atomic E-state index is -0.582. The molecule has 0 unspecified atom stereocenters. The number of nitrogens with zero attached hydrogens (tertiary/aromatic N) is 1. The van der Waals surface area contributed by atoms with Crippen LogP contribution in [0.3, 0.4) is 0 Å². The number of benzene rings is 1. The summed E-state index contributed by atoms with van der Waals surface area (Å²) in [5, 5.41) is 5.87. The highest BCUT2D eigenvalue weighted by atomic mass is 19.1. The summed E-state index contributed by atoms with van der Waals surface area (Å²) < 4.78 is 18.4. The number of nitrogens with one attached hydrogen (secondary N) is 1. The fourth-order valence-electron chi connectivity index (χ4n) is 1.75. The van der Waals surface area contributed by atoms with Gasteiger partial charge in [0.2, 0.25) is 5.89 Å². The Kier molecular flexibility index (Phi) is 3.08. The van der Waals surface area contributed by atoms with E-state index in [0.29, 0.717) is 24.3 Å². The van der Waals surface area contributed by atoms with Crippen molar-refractivity contribution in [3.05, 3.63) is 51.1 Å². The number of aromatic amines is 1. The van der Waals surface area contributed by atoms with Gasteiger partial charge in [0.15, 0.2) is 0 Å². The average Bonchev–Trinajstić information content (AvgIpc) is 2.70. The maximum absolute atomic E-state index is 13.6. The summed E-state index contributed by atoms with van der Waals surface area (Å²) in [6, 6.07) is 3.21. The predicted molar refractivity (Wildman–Crippen MR) is 60.4 cm³/mol. The standard InChI is InChI=1S/C12H13FN2O2/c1-7-3-5-10(13)9(8(7)2)4-6-11-14-15-12(16)17-11/h3,5H,4,6H2,1-2H3,(H,15,16). The van der Waals surface area contributed by atoms with Crippen molar-refractivity contribution < 1.29 is 8.81 Å². The maximum Gasteiger partial charge on any atom is 0.434 e. The molecule has 0 aliphatic heterocycles. The first kappa shape index (κ1) is 11.6. The largest absolute Gasteiger partial charge is 0.434 e. The number of aromatic nitrogens is 2. The van der Waals surface area contributed by atoms with Gasteiger partial charge in [0.05, 0.1) is 0 Å². The molecule has 0 fully saturated rings. The van der Waals surface area contributed by atoms with Crippen LogP contribution in [0.15, 0.2) is 21.3 Å². The predicted octanol–water partition coefficient (Wildman–Crippen LogP) is 1.90. The first-order valence-electron chi connectivity index (χ1n) is 5.37. The Labute approximate surface area is 97.5 Å². The van der Waals surface area contributed by atoms with Crippen molar-refractivity contribution in [2.24, 2.45) is 0 Å². The van der Waals surface area contributed by atoms with Crippen LogP contribution in [0.5, 0.6) is 0 Å². The third kappa shape index (κ3) is 2.43. The van der Waals surface area contributed by atoms with Gasteiger partial charge in [0.25, 0.3) is 0 Å². The zero-order chi connectivity index (χ0) is 12.4. The van der Waals surface area contributed by atoms with Crippen LogP contribution in [0.1, 0.15) is 22.6 Å². The molecule has 2 rings (SSSR count). The van der Waals surface area contributed by atoms with E-state index in [4.69, 9.17) is 4.42 Å². The van der Waals surface area contributed by atoms with E-state index in [1.54, 1.807) is 6.07 Å². The van der Waals surface area contributed by atoms with Crippen LogP contribution in [0.2, 0.25) is 0 Å². The molecule has 0 aliphatic carbocycles. The molecule has 17 heavy (non-hydrogen) atoms. The van der Waals surface area contributed by atoms with Crippen molar-refractivity contribution in [3.63, 3.8) is 0 Å². The van der Waals surface area contributed by atoms with E-state index in [1.807, 2.05) is 13.8 Å². The summed E-state index contributed by atoms with van der Waals surface area (Å²) in [5.74, 6) is -0.511. The molecular weight excluding hydrogens is 223 g/mol. The monoisotopic (exact) mass is 236 g/mol. The second kappa shape index (κ2) is 4.53. The van der Waals surface area contributed by atoms with E-state index >= 15 is 0 Å². The molecule has 1 heterocycles. The summed E-state index contributed by atoms with van der Waals surface area (Å²) >= 11 is 0. The molecule has 1 N–H and O–H groups in total. The van der Waals surface area contributed by atoms with E-state index in [0.717, 1.165) is 11.1 Å². The fourth-order valence-corrected chi connectivity index (χ4v) is 1.75. The SMILES string of the molecule is Cc1ccc(F)c(CCc2n[nH]c(=O)o2)c1C. The van der Waals surface area contributed by atoms with Gasteiger partial charge in [0.1, 0.15) is 5.82 Å². The van der Waals surface area contributed by atoms with E-state index < -0.39 is 5.76 Å². The Morgan fingerprint density at radius 3 is 2.76 bits per heavy atom. The Hall–Kier alpha value is -1.91. The maximum atomic E-state index is 13.6. The van der Waals surface area contributed by atoms with Crippen LogP contribution in [0.25, 0.3) is 0 Å². The molecule has 1 aromatic carbocycles. The zero-order valence-electron chi connectivity index (χ0n) is 9.71. The number of hydrogen-bond acceptors (Lipinski definition) is 3. The number of rotatable bonds is 3. The molecule has 0 saturated carbocycles. The Morgan fingerprint density at radius 1 is 1.35 bits per heavy atom. The first-order valence-corrected chi connectivity index (χ1v) is 5.37. The van der Waals surface area contributed by atoms with Gasteiger partial charge in [-0.3, -0.25) is 0 Å². The van der Waals surface area contributed by atoms with Crippen LogP contribution in [0, 0.1) is 19.7 Å². The molecule has 0 spiro atoms. The van der Waals surface area contributed by atoms with Gasteiger partial charge >= 0.3 is 5.76 Å². The van der Waals surface area contributed by atoms with Crippen LogP contribution < -0.4 is 5.76 Å². The lowest BCUT2D eigenvalue weighted by Gasteiger charge is -2.08. The van der Waals surface area contributed by atoms with Crippen molar-refractivity contribution in [1.82, 2.24) is 10.2 Å². The highest BCUT2D eigenvalue weighted by Crippen LogP contribution is 2.18. The number of aryl methyl sites for hydroxylation is 2. The lowest BCUT2D eigenvalue weighted by Crippen LogP contribution is -2.00. The van der Waals surface area contributed by atoms with Gasteiger partial charge in [-0.25, -0.2) is 14.3 Å². The van der Waals surface area contributed by atoms with E-state index in [-0.39, 0.29) is 5.82 Å². The van der Waals surface area contributed by atoms with Crippen LogP contribution >= 0.6 is 0 Å². The van der Waals surface area contributed by atoms with Crippen molar-refractivity contribution in [2.75, 3.05) is 0 Å². The van der Waals surface area contributed by atoms with Gasteiger partial charge < -0.3 is 4.42 Å². The second-order valence-corrected chi connectivity index (χ2v) is 3.97. The normalized spacial score (nSPS) is 10.8. The highest BCUT2D eigenvalue weighted by molar-refractivity contribution is 5.34. The Bertz CT molecular complexity index is 586. The number of halogens is 1. The Morgan fingerprint density at radius 2 is 2.12 bits per heavy atom. The van der Waals surface area contributed by atoms with Gasteiger partial charge in [-0.1, -0.05) is 6.07 Å². The van der Waals surface area contributed by atoms with Crippen LogP contribution in [-0.4, -0.2) is 10.2 Å². The van der Waals surface area contributed by atoms with Crippen molar-refractivity contribution in [1.29, 1.82) is 0 Å². The third-order valence-corrected chi connectivity index (χ3v) is 2.88. The summed E-state index contributed by atoms with van der Waals surface area (Å²) in [6.07, 6.45) is 0.868. The smallest absolute Gasteiger partial charge is 0.392 e. The van der Waals surface area contributed by atoms with Crippen molar-refractivity contribution >= 4 is 0 Å². The molecule has 5 heteroatoms. The average molecular weight is 236 g/mol. The number of hydrogen-bond donors (Lipinski definition) is 1. The molecule has 0 saturated heterocycles. The first-order chi connectivity index (χ1) is 8.08.